The highest BCUT2D eigenvalue weighted by Gasteiger charge is 2.08. The Hall–Kier alpha value is -2.02. The van der Waals surface area contributed by atoms with Crippen LogP contribution in [0.25, 0.3) is 16.5 Å². The van der Waals surface area contributed by atoms with Gasteiger partial charge < -0.3 is 4.57 Å². The number of allylic oxidation sites excluding steroid dienone is 5. The van der Waals surface area contributed by atoms with Gasteiger partial charge in [-0.15, -0.1) is 0 Å². The van der Waals surface area contributed by atoms with Crippen molar-refractivity contribution in [2.24, 2.45) is 0 Å². The van der Waals surface area contributed by atoms with Crippen LogP contribution in [-0.2, 0) is 6.54 Å². The summed E-state index contributed by atoms with van der Waals surface area (Å²) in [6.07, 6.45) is 10.3. The summed E-state index contributed by atoms with van der Waals surface area (Å²) in [5.74, 6) is 0. The number of rotatable bonds is 4. The van der Waals surface area contributed by atoms with Crippen molar-refractivity contribution in [3.8, 4) is 0 Å². The number of benzene rings is 1. The maximum atomic E-state index is 3.92. The minimum absolute atomic E-state index is 0.981. The number of fused-ring (bicyclic) bond motifs is 1. The highest BCUT2D eigenvalue weighted by molar-refractivity contribution is 5.95. The first-order chi connectivity index (χ1) is 8.81. The van der Waals surface area contributed by atoms with E-state index < -0.39 is 0 Å². The Morgan fingerprint density at radius 1 is 1.33 bits per heavy atom. The van der Waals surface area contributed by atoms with Gasteiger partial charge in [0.15, 0.2) is 0 Å². The fraction of sp³-hybridized carbons (Fsp3) is 0.176. The zero-order chi connectivity index (χ0) is 13.0. The maximum Gasteiger partial charge on any atom is 0.0486 e. The van der Waals surface area contributed by atoms with Gasteiger partial charge in [-0.2, -0.15) is 0 Å². The molecule has 0 aliphatic rings. The molecule has 0 amide bonds. The Bertz CT molecular complexity index is 612. The third-order valence-electron chi connectivity index (χ3n) is 3.13. The molecule has 0 atom stereocenters. The predicted octanol–water partition coefficient (Wildman–Crippen LogP) is 4.81. The third kappa shape index (κ3) is 2.17. The molecule has 0 aliphatic carbocycles. The normalized spacial score (nSPS) is 12.4. The van der Waals surface area contributed by atoms with Gasteiger partial charge in [0.1, 0.15) is 0 Å². The van der Waals surface area contributed by atoms with E-state index in [1.165, 1.54) is 16.5 Å². The first kappa shape index (κ1) is 12.4. The van der Waals surface area contributed by atoms with E-state index in [0.29, 0.717) is 0 Å². The lowest BCUT2D eigenvalue weighted by molar-refractivity contribution is 0.797. The summed E-state index contributed by atoms with van der Waals surface area (Å²) in [6.45, 7) is 9.09. The lowest BCUT2D eigenvalue weighted by Crippen LogP contribution is -1.89. The van der Waals surface area contributed by atoms with Crippen molar-refractivity contribution < 1.29 is 0 Å². The molecule has 0 saturated carbocycles. The zero-order valence-corrected chi connectivity index (χ0v) is 11.1. The summed E-state index contributed by atoms with van der Waals surface area (Å²) in [5, 5.41) is 1.29. The number of aryl methyl sites for hydroxylation is 1. The number of nitrogens with zero attached hydrogens (tertiary/aromatic N) is 1. The molecule has 0 fully saturated rings. The van der Waals surface area contributed by atoms with Crippen LogP contribution >= 0.6 is 0 Å². The highest BCUT2D eigenvalue weighted by atomic mass is 14.9. The molecule has 0 radical (unpaired) electrons. The molecule has 0 N–H and O–H groups in total. The Balaban J connectivity index is 2.67. The smallest absolute Gasteiger partial charge is 0.0486 e. The van der Waals surface area contributed by atoms with Crippen molar-refractivity contribution >= 4 is 16.5 Å². The van der Waals surface area contributed by atoms with Gasteiger partial charge >= 0.3 is 0 Å². The molecule has 1 nitrogen and oxygen atoms in total. The minimum atomic E-state index is 0.981. The van der Waals surface area contributed by atoms with Crippen molar-refractivity contribution in [2.75, 3.05) is 0 Å². The Labute approximate surface area is 109 Å². The van der Waals surface area contributed by atoms with E-state index in [4.69, 9.17) is 0 Å². The molecule has 0 unspecified atom stereocenters. The van der Waals surface area contributed by atoms with Gasteiger partial charge in [0.2, 0.25) is 0 Å². The molecule has 0 saturated heterocycles. The van der Waals surface area contributed by atoms with Crippen LogP contribution in [0, 0.1) is 0 Å². The molecule has 0 bridgehead atoms. The molecule has 1 heterocycles. The van der Waals surface area contributed by atoms with Crippen LogP contribution in [0.5, 0.6) is 0 Å². The molecule has 1 aromatic carbocycles. The fourth-order valence-electron chi connectivity index (χ4n) is 2.21. The standard InChI is InChI=1S/C17H19N/c1-4-7-10-14(5-2)16-13-18(6-3)17-12-9-8-11-15(16)17/h4-5,7-13H,2,6H2,1,3H3/b7-4-,14-10+. The van der Waals surface area contributed by atoms with Gasteiger partial charge in [0, 0.05) is 29.2 Å². The summed E-state index contributed by atoms with van der Waals surface area (Å²) >= 11 is 0. The van der Waals surface area contributed by atoms with E-state index in [9.17, 15) is 0 Å². The number of hydrogen-bond donors (Lipinski definition) is 0. The molecular weight excluding hydrogens is 218 g/mol. The second kappa shape index (κ2) is 5.54. The minimum Gasteiger partial charge on any atom is -0.347 e. The summed E-state index contributed by atoms with van der Waals surface area (Å²) in [5.41, 5.74) is 3.69. The zero-order valence-electron chi connectivity index (χ0n) is 11.1. The fourth-order valence-corrected chi connectivity index (χ4v) is 2.21. The summed E-state index contributed by atoms with van der Waals surface area (Å²) in [4.78, 5) is 0. The van der Waals surface area contributed by atoms with Gasteiger partial charge in [-0.3, -0.25) is 0 Å². The van der Waals surface area contributed by atoms with E-state index in [2.05, 4.69) is 60.7 Å². The van der Waals surface area contributed by atoms with Crippen molar-refractivity contribution in [1.82, 2.24) is 4.57 Å². The van der Waals surface area contributed by atoms with Gasteiger partial charge in [-0.05, 0) is 25.5 Å². The first-order valence-electron chi connectivity index (χ1n) is 6.35. The van der Waals surface area contributed by atoms with Gasteiger partial charge in [0.05, 0.1) is 0 Å². The monoisotopic (exact) mass is 237 g/mol. The molecule has 92 valence electrons. The van der Waals surface area contributed by atoms with Crippen molar-refractivity contribution in [3.05, 3.63) is 66.9 Å². The maximum absolute atomic E-state index is 3.92. The van der Waals surface area contributed by atoms with Crippen LogP contribution in [-0.4, -0.2) is 4.57 Å². The van der Waals surface area contributed by atoms with Gasteiger partial charge in [0.25, 0.3) is 0 Å². The number of para-hydroxylation sites is 1. The molecule has 0 aliphatic heterocycles. The van der Waals surface area contributed by atoms with Crippen LogP contribution in [0.4, 0.5) is 0 Å². The molecule has 2 aromatic rings. The Kier molecular flexibility index (Phi) is 3.83. The van der Waals surface area contributed by atoms with Gasteiger partial charge in [-0.1, -0.05) is 49.1 Å². The quantitative estimate of drug-likeness (QED) is 0.673. The average Bonchev–Trinajstić information content (AvgIpc) is 2.79. The summed E-state index contributed by atoms with van der Waals surface area (Å²) < 4.78 is 2.28. The molecule has 0 spiro atoms. The second-order valence-corrected chi connectivity index (χ2v) is 4.20. The van der Waals surface area contributed by atoms with E-state index in [-0.39, 0.29) is 0 Å². The Morgan fingerprint density at radius 2 is 2.11 bits per heavy atom. The number of hydrogen-bond acceptors (Lipinski definition) is 0. The predicted molar refractivity (Wildman–Crippen MR) is 80.6 cm³/mol. The highest BCUT2D eigenvalue weighted by Crippen LogP contribution is 2.28. The van der Waals surface area contributed by atoms with Crippen LogP contribution in [0.2, 0.25) is 0 Å². The average molecular weight is 237 g/mol. The SMILES string of the molecule is C=C/C(=C\C=C/C)c1cn(CC)c2ccccc12. The van der Waals surface area contributed by atoms with Crippen molar-refractivity contribution in [3.63, 3.8) is 0 Å². The van der Waals surface area contributed by atoms with Crippen LogP contribution < -0.4 is 0 Å². The van der Waals surface area contributed by atoms with E-state index in [1.54, 1.807) is 0 Å². The lowest BCUT2D eigenvalue weighted by Gasteiger charge is -1.98. The van der Waals surface area contributed by atoms with E-state index in [0.717, 1.165) is 12.1 Å². The second-order valence-electron chi connectivity index (χ2n) is 4.20. The molecule has 1 aromatic heterocycles. The van der Waals surface area contributed by atoms with Crippen LogP contribution in [0.1, 0.15) is 19.4 Å². The van der Waals surface area contributed by atoms with Crippen molar-refractivity contribution in [1.29, 1.82) is 0 Å². The largest absolute Gasteiger partial charge is 0.347 e. The van der Waals surface area contributed by atoms with E-state index in [1.807, 2.05) is 19.1 Å². The third-order valence-corrected chi connectivity index (χ3v) is 3.13. The van der Waals surface area contributed by atoms with Crippen molar-refractivity contribution in [2.45, 2.75) is 20.4 Å². The van der Waals surface area contributed by atoms with Gasteiger partial charge in [-0.25, -0.2) is 0 Å². The molecule has 18 heavy (non-hydrogen) atoms. The summed E-state index contributed by atoms with van der Waals surface area (Å²) in [6, 6.07) is 8.51. The molecular formula is C17H19N. The van der Waals surface area contributed by atoms with E-state index >= 15 is 0 Å². The van der Waals surface area contributed by atoms with Crippen LogP contribution in [0.3, 0.4) is 0 Å². The first-order valence-corrected chi connectivity index (χ1v) is 6.35. The van der Waals surface area contributed by atoms with Crippen LogP contribution in [0.15, 0.2) is 61.3 Å². The molecule has 1 heteroatoms. The number of aromatic nitrogens is 1. The summed E-state index contributed by atoms with van der Waals surface area (Å²) in [7, 11) is 0. The Morgan fingerprint density at radius 3 is 2.78 bits per heavy atom. The molecule has 2 rings (SSSR count). The topological polar surface area (TPSA) is 4.93 Å². The lowest BCUT2D eigenvalue weighted by atomic mass is 10.0.